The molecule has 1 aliphatic rings. The van der Waals surface area contributed by atoms with E-state index in [1.807, 2.05) is 0 Å². The van der Waals surface area contributed by atoms with Crippen LogP contribution in [0.1, 0.15) is 0 Å². The predicted octanol–water partition coefficient (Wildman–Crippen LogP) is -1.63. The summed E-state index contributed by atoms with van der Waals surface area (Å²) in [6, 6.07) is 0. The molecule has 0 bridgehead atoms. The molecule has 0 aromatic carbocycles. The number of rotatable bonds is 8. The molecule has 15 heteroatoms. The average Bonchev–Trinajstić information content (AvgIpc) is 2.54. The molecular weight excluding hydrogens is 442 g/mol. The normalized spacial score (nSPS) is 22.0. The molecule has 1 unspecified atom stereocenters. The fourth-order valence-corrected chi connectivity index (χ4v) is 5.02. The fourth-order valence-electron chi connectivity index (χ4n) is 3.19. The maximum atomic E-state index is 11.9. The first-order valence-electron chi connectivity index (χ1n) is 9.40. The van der Waals surface area contributed by atoms with Crippen molar-refractivity contribution in [1.82, 2.24) is 19.6 Å². The lowest BCUT2D eigenvalue weighted by atomic mass is 10.3. The Kier molecular flexibility index (Phi) is 11.1. The van der Waals surface area contributed by atoms with Crippen LogP contribution < -0.4 is 0 Å². The van der Waals surface area contributed by atoms with Crippen molar-refractivity contribution in [1.29, 1.82) is 0 Å². The Hall–Kier alpha value is -0.880. The minimum Gasteiger partial charge on any atom is -0.480 e. The van der Waals surface area contributed by atoms with Crippen LogP contribution in [0.5, 0.6) is 0 Å². The highest BCUT2D eigenvalue weighted by Gasteiger charge is 2.24. The van der Waals surface area contributed by atoms with Crippen LogP contribution in [-0.4, -0.2) is 141 Å². The molecular formula is C15H32N4O9P2. The smallest absolute Gasteiger partial charge is 0.339 e. The highest BCUT2D eigenvalue weighted by atomic mass is 31.2. The van der Waals surface area contributed by atoms with Crippen molar-refractivity contribution in [3.05, 3.63) is 0 Å². The molecule has 30 heavy (non-hydrogen) atoms. The van der Waals surface area contributed by atoms with Crippen LogP contribution in [-0.2, 0) is 18.7 Å². The van der Waals surface area contributed by atoms with Crippen LogP contribution in [0.25, 0.3) is 0 Å². The van der Waals surface area contributed by atoms with Gasteiger partial charge in [0.2, 0.25) is 7.37 Å². The number of hydrogen-bond acceptors (Lipinski definition) is 8. The topological polar surface area (TPSA) is 182 Å². The number of carboxylic acids is 2. The zero-order valence-electron chi connectivity index (χ0n) is 17.0. The van der Waals surface area contributed by atoms with Gasteiger partial charge in [0.1, 0.15) is 6.29 Å². The summed E-state index contributed by atoms with van der Waals surface area (Å²) in [4.78, 5) is 57.1. The number of carboxylic acid groups (broad SMARTS) is 2. The van der Waals surface area contributed by atoms with Crippen LogP contribution in [0.3, 0.4) is 0 Å². The maximum absolute atomic E-state index is 11.9. The largest absolute Gasteiger partial charge is 0.480 e. The van der Waals surface area contributed by atoms with Crippen LogP contribution >= 0.6 is 15.0 Å². The van der Waals surface area contributed by atoms with E-state index in [-0.39, 0.29) is 58.6 Å². The third-order valence-electron chi connectivity index (χ3n) is 4.49. The first-order valence-corrected chi connectivity index (χ1v) is 13.5. The number of hydrogen-bond donors (Lipinski definition) is 5. The molecule has 13 nitrogen and oxygen atoms in total. The summed E-state index contributed by atoms with van der Waals surface area (Å²) in [5.74, 6) is -2.10. The summed E-state index contributed by atoms with van der Waals surface area (Å²) in [5, 5.41) is 18.3. The van der Waals surface area contributed by atoms with Crippen LogP contribution in [0, 0.1) is 0 Å². The first kappa shape index (κ1) is 27.2. The van der Waals surface area contributed by atoms with Gasteiger partial charge >= 0.3 is 19.5 Å². The van der Waals surface area contributed by atoms with Gasteiger partial charge < -0.3 is 24.9 Å². The van der Waals surface area contributed by atoms with Crippen molar-refractivity contribution in [2.45, 2.75) is 0 Å². The molecule has 0 aromatic rings. The van der Waals surface area contributed by atoms with Gasteiger partial charge in [0.05, 0.1) is 19.4 Å². The molecule has 0 radical (unpaired) electrons. The minimum atomic E-state index is -4.35. The van der Waals surface area contributed by atoms with Crippen LogP contribution in [0.4, 0.5) is 0 Å². The van der Waals surface area contributed by atoms with Gasteiger partial charge in [0.15, 0.2) is 0 Å². The van der Waals surface area contributed by atoms with Gasteiger partial charge in [-0.2, -0.15) is 0 Å². The molecule has 1 heterocycles. The highest BCUT2D eigenvalue weighted by Crippen LogP contribution is 2.36. The summed E-state index contributed by atoms with van der Waals surface area (Å²) in [7, 11) is -7.73. The van der Waals surface area contributed by atoms with E-state index >= 15 is 0 Å². The van der Waals surface area contributed by atoms with E-state index in [0.717, 1.165) is 0 Å². The van der Waals surface area contributed by atoms with E-state index in [1.54, 1.807) is 14.7 Å². The second-order valence-corrected chi connectivity index (χ2v) is 11.6. The third-order valence-corrected chi connectivity index (χ3v) is 6.19. The molecule has 1 fully saturated rings. The van der Waals surface area contributed by atoms with Gasteiger partial charge in [-0.05, 0) is 0 Å². The summed E-state index contributed by atoms with van der Waals surface area (Å²) in [6.45, 7) is 2.64. The fraction of sp³-hybridized carbons (Fsp3) is 0.867. The third kappa shape index (κ3) is 13.4. The Morgan fingerprint density at radius 2 is 0.967 bits per heavy atom. The molecule has 0 saturated carbocycles. The first-order chi connectivity index (χ1) is 13.7. The van der Waals surface area contributed by atoms with Crippen molar-refractivity contribution >= 4 is 26.9 Å². The summed E-state index contributed by atoms with van der Waals surface area (Å²) >= 11 is 0. The highest BCUT2D eigenvalue weighted by molar-refractivity contribution is 7.57. The Morgan fingerprint density at radius 3 is 1.23 bits per heavy atom. The Balaban J connectivity index is 3.00. The number of nitrogens with zero attached hydrogens (tertiary/aromatic N) is 4. The quantitative estimate of drug-likeness (QED) is 0.253. The Labute approximate surface area is 175 Å². The molecule has 1 rings (SSSR count). The van der Waals surface area contributed by atoms with E-state index in [1.165, 1.54) is 11.6 Å². The molecule has 1 atom stereocenters. The van der Waals surface area contributed by atoms with Gasteiger partial charge in [-0.1, -0.05) is 0 Å². The molecule has 1 aliphatic heterocycles. The molecule has 5 N–H and O–H groups in total. The second kappa shape index (κ2) is 12.2. The summed E-state index contributed by atoms with van der Waals surface area (Å²) < 4.78 is 23.3. The van der Waals surface area contributed by atoms with Crippen molar-refractivity contribution in [2.75, 3.05) is 84.7 Å². The van der Waals surface area contributed by atoms with Crippen LogP contribution in [0.2, 0.25) is 0 Å². The van der Waals surface area contributed by atoms with E-state index < -0.39 is 33.2 Å². The molecule has 0 amide bonds. The lowest BCUT2D eigenvalue weighted by molar-refractivity contribution is -0.139. The van der Waals surface area contributed by atoms with Gasteiger partial charge in [0, 0.05) is 59.0 Å². The zero-order valence-corrected chi connectivity index (χ0v) is 18.8. The van der Waals surface area contributed by atoms with Crippen molar-refractivity contribution in [3.63, 3.8) is 0 Å². The van der Waals surface area contributed by atoms with Crippen molar-refractivity contribution < 1.29 is 43.6 Å². The second-order valence-electron chi connectivity index (χ2n) is 7.57. The van der Waals surface area contributed by atoms with Gasteiger partial charge in [0.25, 0.3) is 0 Å². The summed E-state index contributed by atoms with van der Waals surface area (Å²) in [6.07, 6.45) is -0.608. The van der Waals surface area contributed by atoms with Gasteiger partial charge in [-0.3, -0.25) is 38.3 Å². The standard InChI is InChI=1S/C15H32N4O9P2/c1-29(24,25)12-18-6-2-16(10-14(20)21)4-8-19(13-30(26,27)28)9-5-17(3-7-18)11-15(22)23/h2-13H2,1H3,(H,20,21)(H,22,23)(H,24,25)(H2,26,27,28). The molecule has 0 aromatic heterocycles. The molecule has 1 saturated heterocycles. The lowest BCUT2D eigenvalue weighted by Crippen LogP contribution is -2.47. The molecule has 0 aliphatic carbocycles. The Bertz CT molecular complexity index is 596. The molecule has 176 valence electrons. The number of aliphatic carboxylic acids is 2. The van der Waals surface area contributed by atoms with E-state index in [4.69, 9.17) is 10.2 Å². The monoisotopic (exact) mass is 474 g/mol. The Morgan fingerprint density at radius 1 is 0.667 bits per heavy atom. The zero-order chi connectivity index (χ0) is 22.9. The summed E-state index contributed by atoms with van der Waals surface area (Å²) in [5.41, 5.74) is 0. The van der Waals surface area contributed by atoms with Gasteiger partial charge in [-0.25, -0.2) is 0 Å². The lowest BCUT2D eigenvalue weighted by Gasteiger charge is -2.33. The van der Waals surface area contributed by atoms with Crippen molar-refractivity contribution in [2.24, 2.45) is 0 Å². The van der Waals surface area contributed by atoms with Gasteiger partial charge in [-0.15, -0.1) is 0 Å². The maximum Gasteiger partial charge on any atom is 0.339 e. The van der Waals surface area contributed by atoms with E-state index in [2.05, 4.69) is 0 Å². The molecule has 0 spiro atoms. The van der Waals surface area contributed by atoms with Crippen molar-refractivity contribution in [3.8, 4) is 0 Å². The SMILES string of the molecule is CP(=O)(O)CN1CCN(CC(=O)O)CCN(CP(=O)(O)O)CCN(CC(=O)O)CC1. The van der Waals surface area contributed by atoms with E-state index in [9.17, 15) is 33.4 Å². The predicted molar refractivity (Wildman–Crippen MR) is 109 cm³/mol. The van der Waals surface area contributed by atoms with E-state index in [0.29, 0.717) is 13.1 Å². The van der Waals surface area contributed by atoms with Crippen LogP contribution in [0.15, 0.2) is 0 Å². The number of carbonyl (C=O) groups is 2. The average molecular weight is 474 g/mol. The minimum absolute atomic E-state index is 0.0981.